The van der Waals surface area contributed by atoms with Gasteiger partial charge in [-0.05, 0) is 17.7 Å². The van der Waals surface area contributed by atoms with Gasteiger partial charge in [-0.1, -0.05) is 12.1 Å². The smallest absolute Gasteiger partial charge is 0.870 e. The molecular weight excluding hydrogens is 171 g/mol. The van der Waals surface area contributed by atoms with Crippen LogP contribution in [0.3, 0.4) is 0 Å². The number of hydrogen-bond acceptors (Lipinski definition) is 3. The minimum atomic E-state index is 0. The molecule has 0 aromatic heterocycles. The molecule has 0 fully saturated rings. The van der Waals surface area contributed by atoms with Crippen molar-refractivity contribution in [2.45, 2.75) is 6.61 Å². The van der Waals surface area contributed by atoms with Crippen molar-refractivity contribution in [2.75, 3.05) is 0 Å². The van der Waals surface area contributed by atoms with Crippen molar-refractivity contribution in [3.8, 4) is 5.75 Å². The summed E-state index contributed by atoms with van der Waals surface area (Å²) in [4.78, 5) is 0. The molecule has 0 aliphatic carbocycles. The van der Waals surface area contributed by atoms with Crippen molar-refractivity contribution in [2.24, 2.45) is 0 Å². The summed E-state index contributed by atoms with van der Waals surface area (Å²) < 4.78 is 0. The SMILES string of the molecule is OCc1ccc(O)cc1.[K+].[OH-]. The Bertz CT molecular complexity index is 185. The fourth-order valence-corrected chi connectivity index (χ4v) is 0.601. The summed E-state index contributed by atoms with van der Waals surface area (Å²) in [5.41, 5.74) is 0.813. The first kappa shape index (κ1) is 14.1. The number of benzene rings is 1. The van der Waals surface area contributed by atoms with Gasteiger partial charge in [0.2, 0.25) is 0 Å². The quantitative estimate of drug-likeness (QED) is 0.478. The van der Waals surface area contributed by atoms with Gasteiger partial charge in [-0.3, -0.25) is 0 Å². The third kappa shape index (κ3) is 4.92. The largest absolute Gasteiger partial charge is 1.00 e. The molecule has 1 aromatic carbocycles. The molecule has 0 atom stereocenters. The molecule has 0 spiro atoms. The molecule has 4 heteroatoms. The summed E-state index contributed by atoms with van der Waals surface area (Å²) in [6, 6.07) is 6.45. The zero-order valence-corrected chi connectivity index (χ0v) is 9.48. The maximum absolute atomic E-state index is 8.77. The van der Waals surface area contributed by atoms with E-state index in [0.29, 0.717) is 0 Å². The second-order valence-electron chi connectivity index (χ2n) is 1.82. The Morgan fingerprint density at radius 1 is 1.09 bits per heavy atom. The first-order valence-electron chi connectivity index (χ1n) is 2.71. The summed E-state index contributed by atoms with van der Waals surface area (Å²) in [5, 5.41) is 17.3. The van der Waals surface area contributed by atoms with Crippen LogP contribution in [0, 0.1) is 0 Å². The Kier molecular flexibility index (Phi) is 9.29. The normalized spacial score (nSPS) is 7.73. The van der Waals surface area contributed by atoms with Crippen molar-refractivity contribution in [1.29, 1.82) is 0 Å². The topological polar surface area (TPSA) is 70.5 Å². The molecule has 1 aromatic rings. The molecule has 0 saturated heterocycles. The Morgan fingerprint density at radius 3 is 1.91 bits per heavy atom. The number of aliphatic hydroxyl groups excluding tert-OH is 1. The molecule has 0 bridgehead atoms. The zero-order valence-electron chi connectivity index (χ0n) is 6.36. The Labute approximate surface area is 108 Å². The van der Waals surface area contributed by atoms with Gasteiger partial charge < -0.3 is 15.7 Å². The molecule has 0 amide bonds. The van der Waals surface area contributed by atoms with Crippen molar-refractivity contribution in [3.05, 3.63) is 29.8 Å². The summed E-state index contributed by atoms with van der Waals surface area (Å²) in [6.07, 6.45) is 0. The minimum Gasteiger partial charge on any atom is -0.870 e. The van der Waals surface area contributed by atoms with Gasteiger partial charge in [0.25, 0.3) is 0 Å². The third-order valence-electron chi connectivity index (χ3n) is 1.12. The molecule has 3 nitrogen and oxygen atoms in total. The van der Waals surface area contributed by atoms with Gasteiger partial charge in [0.1, 0.15) is 5.75 Å². The number of hydrogen-bond donors (Lipinski definition) is 2. The van der Waals surface area contributed by atoms with E-state index in [0.717, 1.165) is 5.56 Å². The molecule has 3 N–H and O–H groups in total. The van der Waals surface area contributed by atoms with Crippen LogP contribution in [0.1, 0.15) is 5.56 Å². The van der Waals surface area contributed by atoms with E-state index in [-0.39, 0.29) is 69.2 Å². The Balaban J connectivity index is 0. The summed E-state index contributed by atoms with van der Waals surface area (Å²) >= 11 is 0. The average Bonchev–Trinajstić information content (AvgIpc) is 1.90. The first-order chi connectivity index (χ1) is 4.33. The van der Waals surface area contributed by atoms with E-state index in [1.807, 2.05) is 0 Å². The minimum absolute atomic E-state index is 0. The second-order valence-corrected chi connectivity index (χ2v) is 1.82. The molecule has 0 saturated carbocycles. The Hall–Kier alpha value is 0.576. The predicted octanol–water partition coefficient (Wildman–Crippen LogP) is -2.29. The fourth-order valence-electron chi connectivity index (χ4n) is 0.601. The molecule has 0 aliphatic rings. The maximum Gasteiger partial charge on any atom is 1.00 e. The van der Waals surface area contributed by atoms with Gasteiger partial charge >= 0.3 is 51.4 Å². The third-order valence-corrected chi connectivity index (χ3v) is 1.12. The molecule has 0 heterocycles. The van der Waals surface area contributed by atoms with Crippen molar-refractivity contribution in [1.82, 2.24) is 0 Å². The molecule has 0 unspecified atom stereocenters. The van der Waals surface area contributed by atoms with Gasteiger partial charge in [0.15, 0.2) is 0 Å². The molecule has 11 heavy (non-hydrogen) atoms. The number of aromatic hydroxyl groups is 1. The summed E-state index contributed by atoms with van der Waals surface area (Å²) in [6.45, 7) is 0.0281. The van der Waals surface area contributed by atoms with Crippen LogP contribution in [-0.4, -0.2) is 15.7 Å². The number of phenols is 1. The van der Waals surface area contributed by atoms with Gasteiger partial charge in [0.05, 0.1) is 6.61 Å². The van der Waals surface area contributed by atoms with E-state index < -0.39 is 0 Å². The van der Waals surface area contributed by atoms with Crippen LogP contribution < -0.4 is 51.4 Å². The summed E-state index contributed by atoms with van der Waals surface area (Å²) in [5.74, 6) is 0.229. The standard InChI is InChI=1S/C7H8O2.K.H2O/c8-5-6-1-3-7(9)4-2-6;;/h1-4,8-9H,5H2;;1H2/q;+1;/p-1. The van der Waals surface area contributed by atoms with E-state index >= 15 is 0 Å². The van der Waals surface area contributed by atoms with Crippen molar-refractivity contribution < 1.29 is 67.1 Å². The van der Waals surface area contributed by atoms with E-state index in [1.165, 1.54) is 0 Å². The van der Waals surface area contributed by atoms with Crippen LogP contribution in [0.4, 0.5) is 0 Å². The average molecular weight is 180 g/mol. The van der Waals surface area contributed by atoms with E-state index in [2.05, 4.69) is 0 Å². The summed E-state index contributed by atoms with van der Waals surface area (Å²) in [7, 11) is 0. The monoisotopic (exact) mass is 180 g/mol. The van der Waals surface area contributed by atoms with Gasteiger partial charge in [0, 0.05) is 0 Å². The van der Waals surface area contributed by atoms with Gasteiger partial charge in [-0.25, -0.2) is 0 Å². The van der Waals surface area contributed by atoms with Crippen LogP contribution in [0.15, 0.2) is 24.3 Å². The van der Waals surface area contributed by atoms with Crippen LogP contribution >= 0.6 is 0 Å². The predicted molar refractivity (Wildman–Crippen MR) is 36.0 cm³/mol. The molecule has 1 rings (SSSR count). The molecule has 0 radical (unpaired) electrons. The maximum atomic E-state index is 8.77. The molecule has 56 valence electrons. The molecule has 0 aliphatic heterocycles. The van der Waals surface area contributed by atoms with Crippen molar-refractivity contribution in [3.63, 3.8) is 0 Å². The van der Waals surface area contributed by atoms with Gasteiger partial charge in [-0.2, -0.15) is 0 Å². The van der Waals surface area contributed by atoms with Crippen LogP contribution in [0.25, 0.3) is 0 Å². The van der Waals surface area contributed by atoms with Crippen LogP contribution in [-0.2, 0) is 6.61 Å². The van der Waals surface area contributed by atoms with Gasteiger partial charge in [-0.15, -0.1) is 0 Å². The van der Waals surface area contributed by atoms with Crippen LogP contribution in [0.2, 0.25) is 0 Å². The van der Waals surface area contributed by atoms with E-state index in [9.17, 15) is 0 Å². The van der Waals surface area contributed by atoms with E-state index in [1.54, 1.807) is 24.3 Å². The van der Waals surface area contributed by atoms with Crippen molar-refractivity contribution >= 4 is 0 Å². The number of phenolic OH excluding ortho intramolecular Hbond substituents is 1. The second kappa shape index (κ2) is 7.24. The van der Waals surface area contributed by atoms with E-state index in [4.69, 9.17) is 10.2 Å². The Morgan fingerprint density at radius 2 is 1.55 bits per heavy atom. The number of rotatable bonds is 1. The zero-order chi connectivity index (χ0) is 6.69. The van der Waals surface area contributed by atoms with Crippen LogP contribution in [0.5, 0.6) is 5.75 Å². The number of aliphatic hydroxyl groups is 1. The fraction of sp³-hybridized carbons (Fsp3) is 0.143. The first-order valence-corrected chi connectivity index (χ1v) is 2.71. The molecular formula is C7H9KO3.